The zero-order valence-electron chi connectivity index (χ0n) is 11.4. The molecule has 0 radical (unpaired) electrons. The maximum absolute atomic E-state index is 10.9. The normalized spacial score (nSPS) is 10.5. The van der Waals surface area contributed by atoms with Gasteiger partial charge in [0.2, 0.25) is 0 Å². The molecule has 0 rings (SSSR count). The molecule has 0 saturated heterocycles. The summed E-state index contributed by atoms with van der Waals surface area (Å²) in [4.78, 5) is 13.3. The van der Waals surface area contributed by atoms with Crippen LogP contribution in [-0.4, -0.2) is 37.1 Å². The maximum Gasteiger partial charge on any atom is 0.330 e. The second-order valence-electron chi connectivity index (χ2n) is 4.27. The molecule has 0 aromatic rings. The molecule has 0 aliphatic carbocycles. The molecule has 0 heterocycles. The van der Waals surface area contributed by atoms with Crippen LogP contribution in [0.3, 0.4) is 0 Å². The van der Waals surface area contributed by atoms with Crippen LogP contribution in [0.4, 0.5) is 0 Å². The third kappa shape index (κ3) is 10.1. The average Bonchev–Trinajstić information content (AvgIpc) is 2.34. The van der Waals surface area contributed by atoms with Gasteiger partial charge in [-0.05, 0) is 25.9 Å². The number of esters is 1. The van der Waals surface area contributed by atoms with Gasteiger partial charge in [-0.2, -0.15) is 0 Å². The fourth-order valence-electron chi connectivity index (χ4n) is 1.75. The SMILES string of the molecule is C=CC(=O)OCCN(CCC)CCCCCC. The molecule has 0 aliphatic rings. The Morgan fingerprint density at radius 2 is 1.88 bits per heavy atom. The van der Waals surface area contributed by atoms with E-state index in [9.17, 15) is 4.79 Å². The quantitative estimate of drug-likeness (QED) is 0.316. The van der Waals surface area contributed by atoms with Gasteiger partial charge in [0.25, 0.3) is 0 Å². The molecular weight excluding hydrogens is 214 g/mol. The summed E-state index contributed by atoms with van der Waals surface area (Å²) in [6.45, 7) is 11.3. The van der Waals surface area contributed by atoms with Crippen LogP contribution in [0.25, 0.3) is 0 Å². The number of rotatable bonds is 11. The highest BCUT2D eigenvalue weighted by Crippen LogP contribution is 2.02. The fraction of sp³-hybridized carbons (Fsp3) is 0.786. The fourth-order valence-corrected chi connectivity index (χ4v) is 1.75. The van der Waals surface area contributed by atoms with Crippen LogP contribution in [-0.2, 0) is 9.53 Å². The Labute approximate surface area is 106 Å². The van der Waals surface area contributed by atoms with Crippen molar-refractivity contribution in [2.24, 2.45) is 0 Å². The predicted octanol–water partition coefficient (Wildman–Crippen LogP) is 3.01. The third-order valence-electron chi connectivity index (χ3n) is 2.69. The Kier molecular flexibility index (Phi) is 11.1. The van der Waals surface area contributed by atoms with Gasteiger partial charge in [0.1, 0.15) is 6.61 Å². The number of ether oxygens (including phenoxy) is 1. The minimum Gasteiger partial charge on any atom is -0.461 e. The van der Waals surface area contributed by atoms with Crippen LogP contribution in [0.15, 0.2) is 12.7 Å². The van der Waals surface area contributed by atoms with E-state index in [4.69, 9.17) is 4.74 Å². The Hall–Kier alpha value is -0.830. The number of hydrogen-bond donors (Lipinski definition) is 0. The maximum atomic E-state index is 10.9. The topological polar surface area (TPSA) is 29.5 Å². The molecule has 3 nitrogen and oxygen atoms in total. The summed E-state index contributed by atoms with van der Waals surface area (Å²) in [6.07, 6.45) is 7.47. The van der Waals surface area contributed by atoms with E-state index in [1.54, 1.807) is 0 Å². The Morgan fingerprint density at radius 1 is 1.12 bits per heavy atom. The van der Waals surface area contributed by atoms with Gasteiger partial charge in [-0.1, -0.05) is 39.7 Å². The highest BCUT2D eigenvalue weighted by molar-refractivity contribution is 5.81. The third-order valence-corrected chi connectivity index (χ3v) is 2.69. The standard InChI is InChI=1S/C14H27NO2/c1-4-7-8-9-11-15(10-5-2)12-13-17-14(16)6-3/h6H,3-5,7-13H2,1-2H3. The van der Waals surface area contributed by atoms with Crippen molar-refractivity contribution in [2.45, 2.75) is 46.0 Å². The number of hydrogen-bond acceptors (Lipinski definition) is 3. The van der Waals surface area contributed by atoms with E-state index in [0.29, 0.717) is 6.61 Å². The van der Waals surface area contributed by atoms with E-state index >= 15 is 0 Å². The lowest BCUT2D eigenvalue weighted by atomic mass is 10.2. The van der Waals surface area contributed by atoms with Gasteiger partial charge in [-0.15, -0.1) is 0 Å². The predicted molar refractivity (Wildman–Crippen MR) is 72.0 cm³/mol. The van der Waals surface area contributed by atoms with Crippen molar-refractivity contribution in [1.82, 2.24) is 4.90 Å². The molecule has 0 aliphatic heterocycles. The zero-order chi connectivity index (χ0) is 12.9. The van der Waals surface area contributed by atoms with Gasteiger partial charge in [-0.25, -0.2) is 4.79 Å². The number of carbonyl (C=O) groups is 1. The summed E-state index contributed by atoms with van der Waals surface area (Å²) in [5, 5.41) is 0. The highest BCUT2D eigenvalue weighted by atomic mass is 16.5. The molecule has 100 valence electrons. The van der Waals surface area contributed by atoms with Crippen LogP contribution >= 0.6 is 0 Å². The molecule has 0 spiro atoms. The minimum atomic E-state index is -0.326. The molecule has 0 fully saturated rings. The average molecular weight is 241 g/mol. The van der Waals surface area contributed by atoms with Crippen molar-refractivity contribution in [3.8, 4) is 0 Å². The van der Waals surface area contributed by atoms with E-state index < -0.39 is 0 Å². The Morgan fingerprint density at radius 3 is 2.47 bits per heavy atom. The van der Waals surface area contributed by atoms with Gasteiger partial charge in [-0.3, -0.25) is 4.90 Å². The first kappa shape index (κ1) is 16.2. The van der Waals surface area contributed by atoms with Crippen molar-refractivity contribution in [3.05, 3.63) is 12.7 Å². The lowest BCUT2D eigenvalue weighted by molar-refractivity contribution is -0.138. The Balaban J connectivity index is 3.65. The molecule has 0 saturated carbocycles. The van der Waals surface area contributed by atoms with Gasteiger partial charge in [0, 0.05) is 12.6 Å². The zero-order valence-corrected chi connectivity index (χ0v) is 11.4. The molecule has 0 aromatic carbocycles. The van der Waals surface area contributed by atoms with E-state index in [2.05, 4.69) is 25.3 Å². The molecule has 0 aromatic heterocycles. The number of unbranched alkanes of at least 4 members (excludes halogenated alkanes) is 3. The molecule has 0 bridgehead atoms. The number of nitrogens with zero attached hydrogens (tertiary/aromatic N) is 1. The lowest BCUT2D eigenvalue weighted by Gasteiger charge is -2.21. The number of carbonyl (C=O) groups excluding carboxylic acids is 1. The molecule has 17 heavy (non-hydrogen) atoms. The van der Waals surface area contributed by atoms with Gasteiger partial charge in [0.05, 0.1) is 0 Å². The van der Waals surface area contributed by atoms with Crippen LogP contribution in [0, 0.1) is 0 Å². The smallest absolute Gasteiger partial charge is 0.330 e. The monoisotopic (exact) mass is 241 g/mol. The van der Waals surface area contributed by atoms with Crippen LogP contribution in [0.1, 0.15) is 46.0 Å². The van der Waals surface area contributed by atoms with E-state index in [-0.39, 0.29) is 5.97 Å². The van der Waals surface area contributed by atoms with E-state index in [0.717, 1.165) is 26.1 Å². The summed E-state index contributed by atoms with van der Waals surface area (Å²) in [5.41, 5.74) is 0. The first-order chi connectivity index (χ1) is 8.24. The first-order valence-corrected chi connectivity index (χ1v) is 6.76. The summed E-state index contributed by atoms with van der Waals surface area (Å²) in [5.74, 6) is -0.326. The van der Waals surface area contributed by atoms with Crippen LogP contribution in [0.2, 0.25) is 0 Å². The molecule has 3 heteroatoms. The van der Waals surface area contributed by atoms with Crippen molar-refractivity contribution in [1.29, 1.82) is 0 Å². The summed E-state index contributed by atoms with van der Waals surface area (Å²) >= 11 is 0. The van der Waals surface area contributed by atoms with E-state index in [1.807, 2.05) is 0 Å². The van der Waals surface area contributed by atoms with Gasteiger partial charge < -0.3 is 4.74 Å². The molecular formula is C14H27NO2. The van der Waals surface area contributed by atoms with Gasteiger partial charge >= 0.3 is 5.97 Å². The summed E-state index contributed by atoms with van der Waals surface area (Å²) in [7, 11) is 0. The Bertz CT molecular complexity index is 204. The van der Waals surface area contributed by atoms with Crippen molar-refractivity contribution in [2.75, 3.05) is 26.2 Å². The molecule has 0 atom stereocenters. The molecule has 0 N–H and O–H groups in total. The second kappa shape index (κ2) is 11.6. The van der Waals surface area contributed by atoms with Crippen molar-refractivity contribution >= 4 is 5.97 Å². The lowest BCUT2D eigenvalue weighted by Crippen LogP contribution is -2.30. The van der Waals surface area contributed by atoms with E-state index in [1.165, 1.54) is 31.8 Å². The molecule has 0 amide bonds. The van der Waals surface area contributed by atoms with Crippen LogP contribution < -0.4 is 0 Å². The van der Waals surface area contributed by atoms with Crippen molar-refractivity contribution in [3.63, 3.8) is 0 Å². The summed E-state index contributed by atoms with van der Waals surface area (Å²) < 4.78 is 5.00. The highest BCUT2D eigenvalue weighted by Gasteiger charge is 2.04. The minimum absolute atomic E-state index is 0.326. The van der Waals surface area contributed by atoms with Gasteiger partial charge in [0.15, 0.2) is 0 Å². The molecule has 0 unspecified atom stereocenters. The second-order valence-corrected chi connectivity index (χ2v) is 4.27. The first-order valence-electron chi connectivity index (χ1n) is 6.76. The van der Waals surface area contributed by atoms with Crippen LogP contribution in [0.5, 0.6) is 0 Å². The largest absolute Gasteiger partial charge is 0.461 e. The van der Waals surface area contributed by atoms with Crippen molar-refractivity contribution < 1.29 is 9.53 Å². The summed E-state index contributed by atoms with van der Waals surface area (Å²) in [6, 6.07) is 0.